The summed E-state index contributed by atoms with van der Waals surface area (Å²) < 4.78 is 31.4. The summed E-state index contributed by atoms with van der Waals surface area (Å²) in [5, 5.41) is -0.101. The van der Waals surface area contributed by atoms with Crippen LogP contribution in [0.25, 0.3) is 0 Å². The molecule has 0 bridgehead atoms. The molecule has 0 aromatic carbocycles. The number of nitrogens with two attached hydrogens (primary N) is 1. The van der Waals surface area contributed by atoms with Gasteiger partial charge in [0, 0.05) is 16.3 Å². The predicted molar refractivity (Wildman–Crippen MR) is 69.7 cm³/mol. The maximum Gasteiger partial charge on any atom is 0.274 e. The van der Waals surface area contributed by atoms with E-state index in [4.69, 9.17) is 10.2 Å². The molecule has 18 heavy (non-hydrogen) atoms. The monoisotopic (exact) mass is 286 g/mol. The summed E-state index contributed by atoms with van der Waals surface area (Å²) in [7, 11) is -3.60. The van der Waals surface area contributed by atoms with E-state index in [1.807, 2.05) is 19.1 Å². The molecule has 2 heterocycles. The van der Waals surface area contributed by atoms with Crippen molar-refractivity contribution in [3.63, 3.8) is 0 Å². The molecule has 0 fully saturated rings. The van der Waals surface area contributed by atoms with Crippen molar-refractivity contribution in [3.05, 3.63) is 39.8 Å². The number of hydrogen-bond acceptors (Lipinski definition) is 5. The molecule has 2 aromatic heterocycles. The Morgan fingerprint density at radius 1 is 1.33 bits per heavy atom. The molecule has 98 valence electrons. The highest BCUT2D eigenvalue weighted by Gasteiger charge is 2.18. The SMILES string of the molecule is Cc1ccc(CNS(=O)(=O)c2ccc(CN)o2)s1. The topological polar surface area (TPSA) is 85.3 Å². The Bertz CT molecular complexity index is 628. The van der Waals surface area contributed by atoms with Gasteiger partial charge in [0.25, 0.3) is 10.0 Å². The number of hydrogen-bond donors (Lipinski definition) is 2. The van der Waals surface area contributed by atoms with E-state index in [9.17, 15) is 8.42 Å². The molecule has 0 aliphatic carbocycles. The second kappa shape index (κ2) is 5.23. The van der Waals surface area contributed by atoms with E-state index in [1.165, 1.54) is 6.07 Å². The van der Waals surface area contributed by atoms with E-state index >= 15 is 0 Å². The summed E-state index contributed by atoms with van der Waals surface area (Å²) in [5.74, 6) is 0.447. The zero-order valence-corrected chi connectivity index (χ0v) is 11.5. The lowest BCUT2D eigenvalue weighted by atomic mass is 10.4. The predicted octanol–water partition coefficient (Wildman–Crippen LogP) is 1.59. The van der Waals surface area contributed by atoms with Gasteiger partial charge in [-0.05, 0) is 31.2 Å². The molecule has 0 amide bonds. The summed E-state index contributed by atoms with van der Waals surface area (Å²) in [6.45, 7) is 2.42. The highest BCUT2D eigenvalue weighted by Crippen LogP contribution is 2.17. The Morgan fingerprint density at radius 3 is 2.67 bits per heavy atom. The van der Waals surface area contributed by atoms with Gasteiger partial charge in [-0.3, -0.25) is 0 Å². The van der Waals surface area contributed by atoms with Crippen LogP contribution < -0.4 is 10.5 Å². The normalized spacial score (nSPS) is 11.9. The van der Waals surface area contributed by atoms with E-state index < -0.39 is 10.0 Å². The summed E-state index contributed by atoms with van der Waals surface area (Å²) in [6.07, 6.45) is 0. The van der Waals surface area contributed by atoms with E-state index in [2.05, 4.69) is 4.72 Å². The van der Waals surface area contributed by atoms with Crippen LogP contribution in [0.1, 0.15) is 15.5 Å². The third-order valence-electron chi connectivity index (χ3n) is 2.34. The lowest BCUT2D eigenvalue weighted by molar-refractivity contribution is 0.413. The third-order valence-corrected chi connectivity index (χ3v) is 4.61. The Hall–Kier alpha value is -1.15. The van der Waals surface area contributed by atoms with Crippen LogP contribution in [0.2, 0.25) is 0 Å². The Morgan fingerprint density at radius 2 is 2.11 bits per heavy atom. The molecule has 2 aromatic rings. The highest BCUT2D eigenvalue weighted by atomic mass is 32.2. The Labute approximate surface area is 110 Å². The first-order chi connectivity index (χ1) is 8.51. The maximum atomic E-state index is 11.9. The quantitative estimate of drug-likeness (QED) is 0.874. The van der Waals surface area contributed by atoms with Gasteiger partial charge in [-0.15, -0.1) is 11.3 Å². The smallest absolute Gasteiger partial charge is 0.274 e. The summed E-state index contributed by atoms with van der Waals surface area (Å²) in [6, 6.07) is 6.82. The Balaban J connectivity index is 2.07. The van der Waals surface area contributed by atoms with E-state index in [-0.39, 0.29) is 18.2 Å². The van der Waals surface area contributed by atoms with Crippen LogP contribution in [0.5, 0.6) is 0 Å². The van der Waals surface area contributed by atoms with E-state index in [0.717, 1.165) is 9.75 Å². The van der Waals surface area contributed by atoms with Crippen molar-refractivity contribution in [2.45, 2.75) is 25.1 Å². The maximum absolute atomic E-state index is 11.9. The van der Waals surface area contributed by atoms with Crippen molar-refractivity contribution >= 4 is 21.4 Å². The van der Waals surface area contributed by atoms with Gasteiger partial charge in [0.1, 0.15) is 5.76 Å². The molecule has 0 saturated heterocycles. The van der Waals surface area contributed by atoms with Crippen molar-refractivity contribution in [1.29, 1.82) is 0 Å². The molecule has 0 unspecified atom stereocenters. The minimum Gasteiger partial charge on any atom is -0.447 e. The highest BCUT2D eigenvalue weighted by molar-refractivity contribution is 7.89. The van der Waals surface area contributed by atoms with Gasteiger partial charge in [0.2, 0.25) is 5.09 Å². The number of nitrogens with one attached hydrogen (secondary N) is 1. The molecule has 0 saturated carbocycles. The third kappa shape index (κ3) is 2.99. The fraction of sp³-hybridized carbons (Fsp3) is 0.273. The average molecular weight is 286 g/mol. The fourth-order valence-electron chi connectivity index (χ4n) is 1.43. The van der Waals surface area contributed by atoms with Gasteiger partial charge < -0.3 is 10.2 Å². The average Bonchev–Trinajstić information content (AvgIpc) is 2.95. The van der Waals surface area contributed by atoms with Crippen molar-refractivity contribution in [3.8, 4) is 0 Å². The first-order valence-electron chi connectivity index (χ1n) is 5.35. The Kier molecular flexibility index (Phi) is 3.86. The van der Waals surface area contributed by atoms with Crippen LogP contribution in [0, 0.1) is 6.92 Å². The largest absolute Gasteiger partial charge is 0.447 e. The van der Waals surface area contributed by atoms with E-state index in [0.29, 0.717) is 5.76 Å². The summed E-state index contributed by atoms with van der Waals surface area (Å²) in [4.78, 5) is 2.11. The molecular weight excluding hydrogens is 272 g/mol. The van der Waals surface area contributed by atoms with Crippen molar-refractivity contribution in [1.82, 2.24) is 4.72 Å². The number of furan rings is 1. The lowest BCUT2D eigenvalue weighted by Crippen LogP contribution is -2.22. The molecular formula is C11H14N2O3S2. The molecule has 0 aliphatic heterocycles. The second-order valence-corrected chi connectivity index (χ2v) is 6.83. The first kappa shape index (κ1) is 13.3. The molecule has 0 atom stereocenters. The van der Waals surface area contributed by atoms with Gasteiger partial charge in [0.15, 0.2) is 0 Å². The number of sulfonamides is 1. The van der Waals surface area contributed by atoms with Crippen LogP contribution in [-0.4, -0.2) is 8.42 Å². The minimum atomic E-state index is -3.60. The van der Waals surface area contributed by atoms with E-state index in [1.54, 1.807) is 17.4 Å². The molecule has 2 rings (SSSR count). The van der Waals surface area contributed by atoms with Gasteiger partial charge in [-0.2, -0.15) is 0 Å². The van der Waals surface area contributed by atoms with Gasteiger partial charge in [-0.25, -0.2) is 13.1 Å². The molecule has 0 spiro atoms. The first-order valence-corrected chi connectivity index (χ1v) is 7.65. The van der Waals surface area contributed by atoms with Crippen LogP contribution in [0.4, 0.5) is 0 Å². The van der Waals surface area contributed by atoms with Gasteiger partial charge >= 0.3 is 0 Å². The minimum absolute atomic E-state index is 0.101. The van der Waals surface area contributed by atoms with Crippen LogP contribution >= 0.6 is 11.3 Å². The van der Waals surface area contributed by atoms with Crippen molar-refractivity contribution in [2.75, 3.05) is 0 Å². The van der Waals surface area contributed by atoms with Gasteiger partial charge in [-0.1, -0.05) is 0 Å². The number of rotatable bonds is 5. The zero-order chi connectivity index (χ0) is 13.2. The number of aryl methyl sites for hydroxylation is 1. The second-order valence-electron chi connectivity index (χ2n) is 3.76. The molecule has 0 radical (unpaired) electrons. The van der Waals surface area contributed by atoms with Crippen LogP contribution in [-0.2, 0) is 23.1 Å². The standard InChI is InChI=1S/C11H14N2O3S2/c1-8-2-4-10(17-8)7-13-18(14,15)11-5-3-9(6-12)16-11/h2-5,13H,6-7,12H2,1H3. The zero-order valence-electron chi connectivity index (χ0n) is 9.84. The van der Waals surface area contributed by atoms with Crippen LogP contribution in [0.15, 0.2) is 33.8 Å². The molecule has 7 heteroatoms. The number of thiophene rings is 1. The summed E-state index contributed by atoms with van der Waals surface area (Å²) >= 11 is 1.56. The molecule has 3 N–H and O–H groups in total. The van der Waals surface area contributed by atoms with Crippen molar-refractivity contribution in [2.24, 2.45) is 5.73 Å². The lowest BCUT2D eigenvalue weighted by Gasteiger charge is -2.02. The molecule has 5 nitrogen and oxygen atoms in total. The summed E-state index contributed by atoms with van der Waals surface area (Å²) in [5.41, 5.74) is 5.37. The molecule has 0 aliphatic rings. The van der Waals surface area contributed by atoms with Crippen LogP contribution in [0.3, 0.4) is 0 Å². The van der Waals surface area contributed by atoms with Gasteiger partial charge in [0.05, 0.1) is 6.54 Å². The fourth-order valence-corrected chi connectivity index (χ4v) is 3.30. The van der Waals surface area contributed by atoms with Crippen molar-refractivity contribution < 1.29 is 12.8 Å².